The molecule has 0 unspecified atom stereocenters. The third kappa shape index (κ3) is 3.29. The van der Waals surface area contributed by atoms with E-state index in [1.807, 2.05) is 60.0 Å². The maximum atomic E-state index is 13.3. The van der Waals surface area contributed by atoms with Gasteiger partial charge in [0.15, 0.2) is 0 Å². The third-order valence-corrected chi connectivity index (χ3v) is 5.30. The standard InChI is InChI=1S/C22H25N3O/c1-17-9-3-6-12-20(17)25-21(13-16-24-14-7-2-8-15-24)23-19-11-5-4-10-18(19)22(25)26/h3-6,9-12H,2,7-8,13-16H2,1H3. The summed E-state index contributed by atoms with van der Waals surface area (Å²) >= 11 is 0. The summed E-state index contributed by atoms with van der Waals surface area (Å²) in [6, 6.07) is 15.7. The number of aromatic nitrogens is 2. The zero-order valence-electron chi connectivity index (χ0n) is 15.3. The van der Waals surface area contributed by atoms with Gasteiger partial charge in [-0.25, -0.2) is 4.98 Å². The van der Waals surface area contributed by atoms with Crippen LogP contribution in [0, 0.1) is 6.92 Å². The second-order valence-electron chi connectivity index (χ2n) is 7.12. The number of rotatable bonds is 4. The minimum atomic E-state index is 0.0264. The van der Waals surface area contributed by atoms with Crippen LogP contribution in [0.2, 0.25) is 0 Å². The Hall–Kier alpha value is -2.46. The molecule has 134 valence electrons. The Morgan fingerprint density at radius 2 is 1.69 bits per heavy atom. The molecule has 2 aromatic carbocycles. The Balaban J connectivity index is 1.80. The predicted molar refractivity (Wildman–Crippen MR) is 106 cm³/mol. The van der Waals surface area contributed by atoms with E-state index in [0.29, 0.717) is 5.39 Å². The molecule has 0 N–H and O–H groups in total. The van der Waals surface area contributed by atoms with Gasteiger partial charge < -0.3 is 4.90 Å². The van der Waals surface area contributed by atoms with Crippen LogP contribution in [-0.2, 0) is 6.42 Å². The van der Waals surface area contributed by atoms with Gasteiger partial charge in [0.2, 0.25) is 0 Å². The summed E-state index contributed by atoms with van der Waals surface area (Å²) in [7, 11) is 0. The van der Waals surface area contributed by atoms with Crippen LogP contribution < -0.4 is 5.56 Å². The van der Waals surface area contributed by atoms with Crippen molar-refractivity contribution in [1.82, 2.24) is 14.5 Å². The molecular weight excluding hydrogens is 322 g/mol. The van der Waals surface area contributed by atoms with Crippen molar-refractivity contribution >= 4 is 10.9 Å². The number of hydrogen-bond acceptors (Lipinski definition) is 3. The summed E-state index contributed by atoms with van der Waals surface area (Å²) in [4.78, 5) is 20.6. The number of piperidine rings is 1. The molecule has 0 saturated carbocycles. The number of hydrogen-bond donors (Lipinski definition) is 0. The number of nitrogens with zero attached hydrogens (tertiary/aromatic N) is 3. The van der Waals surface area contributed by atoms with Crippen LogP contribution in [0.1, 0.15) is 30.7 Å². The highest BCUT2D eigenvalue weighted by Gasteiger charge is 2.16. The van der Waals surface area contributed by atoms with Gasteiger partial charge >= 0.3 is 0 Å². The smallest absolute Gasteiger partial charge is 0.265 e. The minimum Gasteiger partial charge on any atom is -0.303 e. The molecule has 4 heteroatoms. The topological polar surface area (TPSA) is 38.1 Å². The van der Waals surface area contributed by atoms with Crippen LogP contribution in [0.25, 0.3) is 16.6 Å². The molecule has 0 radical (unpaired) electrons. The van der Waals surface area contributed by atoms with E-state index < -0.39 is 0 Å². The number of aryl methyl sites for hydroxylation is 1. The minimum absolute atomic E-state index is 0.0264. The molecule has 0 atom stereocenters. The number of para-hydroxylation sites is 2. The lowest BCUT2D eigenvalue weighted by atomic mass is 10.1. The average molecular weight is 347 g/mol. The van der Waals surface area contributed by atoms with Crippen molar-refractivity contribution in [2.24, 2.45) is 0 Å². The van der Waals surface area contributed by atoms with Gasteiger partial charge in [0.1, 0.15) is 5.82 Å². The molecular formula is C22H25N3O. The summed E-state index contributed by atoms with van der Waals surface area (Å²) in [5.41, 5.74) is 2.84. The lowest BCUT2D eigenvalue weighted by Crippen LogP contribution is -2.33. The van der Waals surface area contributed by atoms with Crippen LogP contribution in [0.15, 0.2) is 53.3 Å². The fraction of sp³-hybridized carbons (Fsp3) is 0.364. The molecule has 3 aromatic rings. The van der Waals surface area contributed by atoms with Crippen molar-refractivity contribution in [3.63, 3.8) is 0 Å². The van der Waals surface area contributed by atoms with Gasteiger partial charge in [-0.05, 0) is 56.6 Å². The second kappa shape index (κ2) is 7.42. The van der Waals surface area contributed by atoms with Crippen molar-refractivity contribution in [3.8, 4) is 5.69 Å². The molecule has 0 bridgehead atoms. The summed E-state index contributed by atoms with van der Waals surface area (Å²) in [5.74, 6) is 0.855. The van der Waals surface area contributed by atoms with E-state index in [2.05, 4.69) is 4.90 Å². The number of likely N-dealkylation sites (tertiary alicyclic amines) is 1. The fourth-order valence-electron chi connectivity index (χ4n) is 3.85. The van der Waals surface area contributed by atoms with Crippen molar-refractivity contribution in [3.05, 3.63) is 70.3 Å². The highest BCUT2D eigenvalue weighted by atomic mass is 16.1. The van der Waals surface area contributed by atoms with Crippen LogP contribution in [0.5, 0.6) is 0 Å². The Morgan fingerprint density at radius 3 is 2.50 bits per heavy atom. The van der Waals surface area contributed by atoms with Gasteiger partial charge in [-0.2, -0.15) is 0 Å². The van der Waals surface area contributed by atoms with Crippen LogP contribution in [0.3, 0.4) is 0 Å². The Kier molecular flexibility index (Phi) is 4.85. The summed E-state index contributed by atoms with van der Waals surface area (Å²) in [6.07, 6.45) is 4.67. The first-order valence-corrected chi connectivity index (χ1v) is 9.53. The van der Waals surface area contributed by atoms with Crippen LogP contribution in [0.4, 0.5) is 0 Å². The molecule has 1 aliphatic heterocycles. The summed E-state index contributed by atoms with van der Waals surface area (Å²) in [6.45, 7) is 5.31. The lowest BCUT2D eigenvalue weighted by molar-refractivity contribution is 0.230. The van der Waals surface area contributed by atoms with Gasteiger partial charge in [0, 0.05) is 13.0 Å². The van der Waals surface area contributed by atoms with E-state index in [4.69, 9.17) is 4.98 Å². The second-order valence-corrected chi connectivity index (χ2v) is 7.12. The van der Waals surface area contributed by atoms with E-state index in [9.17, 15) is 4.79 Å². The first-order chi connectivity index (χ1) is 12.7. The quantitative estimate of drug-likeness (QED) is 0.722. The first kappa shape index (κ1) is 17.0. The van der Waals surface area contributed by atoms with Gasteiger partial charge in [0.05, 0.1) is 16.6 Å². The van der Waals surface area contributed by atoms with Crippen LogP contribution >= 0.6 is 0 Å². The molecule has 2 heterocycles. The Labute approximate surface area is 154 Å². The number of benzene rings is 2. The maximum absolute atomic E-state index is 13.3. The fourth-order valence-corrected chi connectivity index (χ4v) is 3.85. The summed E-state index contributed by atoms with van der Waals surface area (Å²) < 4.78 is 1.82. The van der Waals surface area contributed by atoms with Crippen molar-refractivity contribution in [1.29, 1.82) is 0 Å². The van der Waals surface area contributed by atoms with E-state index in [1.165, 1.54) is 19.3 Å². The zero-order chi connectivity index (χ0) is 17.9. The molecule has 0 amide bonds. The molecule has 1 fully saturated rings. The van der Waals surface area contributed by atoms with E-state index >= 15 is 0 Å². The Bertz CT molecular complexity index is 971. The van der Waals surface area contributed by atoms with E-state index in [1.54, 1.807) is 0 Å². The highest BCUT2D eigenvalue weighted by Crippen LogP contribution is 2.17. The van der Waals surface area contributed by atoms with Gasteiger partial charge in [-0.1, -0.05) is 36.8 Å². The molecule has 4 rings (SSSR count). The van der Waals surface area contributed by atoms with E-state index in [0.717, 1.165) is 48.6 Å². The molecule has 0 spiro atoms. The van der Waals surface area contributed by atoms with Crippen LogP contribution in [-0.4, -0.2) is 34.1 Å². The van der Waals surface area contributed by atoms with Crippen molar-refractivity contribution in [2.75, 3.05) is 19.6 Å². The summed E-state index contributed by atoms with van der Waals surface area (Å²) in [5, 5.41) is 0.678. The average Bonchev–Trinajstić information content (AvgIpc) is 2.68. The lowest BCUT2D eigenvalue weighted by Gasteiger charge is -2.26. The highest BCUT2D eigenvalue weighted by molar-refractivity contribution is 5.77. The largest absolute Gasteiger partial charge is 0.303 e. The Morgan fingerprint density at radius 1 is 0.962 bits per heavy atom. The zero-order valence-corrected chi connectivity index (χ0v) is 15.3. The van der Waals surface area contributed by atoms with E-state index in [-0.39, 0.29) is 5.56 Å². The first-order valence-electron chi connectivity index (χ1n) is 9.53. The maximum Gasteiger partial charge on any atom is 0.265 e. The molecule has 4 nitrogen and oxygen atoms in total. The number of fused-ring (bicyclic) bond motifs is 1. The molecule has 1 aliphatic rings. The van der Waals surface area contributed by atoms with Crippen molar-refractivity contribution < 1.29 is 0 Å². The molecule has 0 aliphatic carbocycles. The molecule has 1 aromatic heterocycles. The molecule has 1 saturated heterocycles. The van der Waals surface area contributed by atoms with Gasteiger partial charge in [-0.3, -0.25) is 9.36 Å². The van der Waals surface area contributed by atoms with Crippen molar-refractivity contribution in [2.45, 2.75) is 32.6 Å². The monoisotopic (exact) mass is 347 g/mol. The SMILES string of the molecule is Cc1ccccc1-n1c(CCN2CCCCC2)nc2ccccc2c1=O. The normalized spacial score (nSPS) is 15.4. The molecule has 26 heavy (non-hydrogen) atoms. The van der Waals surface area contributed by atoms with Gasteiger partial charge in [-0.15, -0.1) is 0 Å². The third-order valence-electron chi connectivity index (χ3n) is 5.30. The predicted octanol–water partition coefficient (Wildman–Crippen LogP) is 3.72. The van der Waals surface area contributed by atoms with Gasteiger partial charge in [0.25, 0.3) is 5.56 Å².